The van der Waals surface area contributed by atoms with Crippen molar-refractivity contribution >= 4 is 29.1 Å². The van der Waals surface area contributed by atoms with E-state index in [2.05, 4.69) is 0 Å². The number of Topliss-reactive ketones (excluding diaryl/α,β-unsaturated/α-hetero) is 1. The average Bonchev–Trinajstić information content (AvgIpc) is 2.72. The molecule has 2 aromatic rings. The maximum absolute atomic E-state index is 13.5. The Balaban J connectivity index is 2.27. The summed E-state index contributed by atoms with van der Waals surface area (Å²) in [6, 6.07) is 18.0. The zero-order valence-electron chi connectivity index (χ0n) is 16.1. The molecule has 1 aliphatic rings. The number of ether oxygens (including phenoxy) is 1. The fraction of sp³-hybridized carbons (Fsp3) is 0.227. The molecule has 1 unspecified atom stereocenters. The Labute approximate surface area is 170 Å². The van der Waals surface area contributed by atoms with Gasteiger partial charge in [-0.3, -0.25) is 4.79 Å². The number of esters is 1. The quantitative estimate of drug-likeness (QED) is 0.439. The van der Waals surface area contributed by atoms with Crippen molar-refractivity contribution in [3.63, 3.8) is 0 Å². The topological polar surface area (TPSA) is 49.9 Å². The standard InChI is InChI=1S/C22H22N2O3S/c1-4-27-21(26)19-17(20(25)16-13-9-6-10-14-16)18(15-11-7-5-8-12-15)23(2)22(28)24(19)3/h5-14,18H,4H2,1-3H3. The van der Waals surface area contributed by atoms with Crippen molar-refractivity contribution in [1.29, 1.82) is 0 Å². The molecule has 0 amide bonds. The third-order valence-corrected chi connectivity index (χ3v) is 5.27. The van der Waals surface area contributed by atoms with Gasteiger partial charge in [0.05, 0.1) is 18.2 Å². The molecule has 0 N–H and O–H groups in total. The van der Waals surface area contributed by atoms with E-state index >= 15 is 0 Å². The molecule has 1 heterocycles. The lowest BCUT2D eigenvalue weighted by atomic mass is 9.88. The molecule has 0 saturated heterocycles. The van der Waals surface area contributed by atoms with Gasteiger partial charge >= 0.3 is 5.97 Å². The fourth-order valence-electron chi connectivity index (χ4n) is 3.40. The van der Waals surface area contributed by atoms with Gasteiger partial charge in [-0.15, -0.1) is 0 Å². The molecule has 2 aromatic carbocycles. The van der Waals surface area contributed by atoms with Gasteiger partial charge in [0.2, 0.25) is 0 Å². The van der Waals surface area contributed by atoms with Gasteiger partial charge in [0, 0.05) is 19.7 Å². The molecular weight excluding hydrogens is 372 g/mol. The summed E-state index contributed by atoms with van der Waals surface area (Å²) >= 11 is 5.56. The summed E-state index contributed by atoms with van der Waals surface area (Å²) in [5.41, 5.74) is 1.93. The van der Waals surface area contributed by atoms with Gasteiger partial charge in [-0.05, 0) is 24.7 Å². The van der Waals surface area contributed by atoms with E-state index in [4.69, 9.17) is 17.0 Å². The van der Waals surface area contributed by atoms with Gasteiger partial charge in [0.15, 0.2) is 10.9 Å². The van der Waals surface area contributed by atoms with Crippen molar-refractivity contribution < 1.29 is 14.3 Å². The predicted octanol–water partition coefficient (Wildman–Crippen LogP) is 3.59. The molecule has 5 nitrogen and oxygen atoms in total. The molecule has 28 heavy (non-hydrogen) atoms. The van der Waals surface area contributed by atoms with E-state index < -0.39 is 12.0 Å². The molecule has 0 radical (unpaired) electrons. The Hall–Kier alpha value is -2.99. The van der Waals surface area contributed by atoms with E-state index in [1.165, 1.54) is 0 Å². The number of carbonyl (C=O) groups is 2. The highest BCUT2D eigenvalue weighted by molar-refractivity contribution is 7.80. The van der Waals surface area contributed by atoms with Crippen LogP contribution in [0.25, 0.3) is 0 Å². The number of carbonyl (C=O) groups excluding carboxylic acids is 2. The minimum atomic E-state index is -0.555. The number of nitrogens with zero attached hydrogens (tertiary/aromatic N) is 2. The second kappa shape index (κ2) is 8.35. The second-order valence-electron chi connectivity index (χ2n) is 6.44. The van der Waals surface area contributed by atoms with Crippen LogP contribution in [-0.4, -0.2) is 47.4 Å². The Bertz CT molecular complexity index is 925. The summed E-state index contributed by atoms with van der Waals surface area (Å²) in [4.78, 5) is 29.8. The molecule has 0 fully saturated rings. The van der Waals surface area contributed by atoms with E-state index in [1.54, 1.807) is 43.1 Å². The molecule has 6 heteroatoms. The van der Waals surface area contributed by atoms with Crippen LogP contribution in [0.5, 0.6) is 0 Å². The lowest BCUT2D eigenvalue weighted by Gasteiger charge is -2.42. The normalized spacial score (nSPS) is 17.0. The number of hydrogen-bond acceptors (Lipinski definition) is 4. The Morgan fingerprint density at radius 1 is 1.00 bits per heavy atom. The highest BCUT2D eigenvalue weighted by Gasteiger charge is 2.41. The zero-order chi connectivity index (χ0) is 20.3. The zero-order valence-corrected chi connectivity index (χ0v) is 16.9. The number of hydrogen-bond donors (Lipinski definition) is 0. The molecule has 144 valence electrons. The highest BCUT2D eigenvalue weighted by Crippen LogP contribution is 2.38. The molecule has 0 saturated carbocycles. The van der Waals surface area contributed by atoms with Gasteiger partial charge in [-0.25, -0.2) is 4.79 Å². The lowest BCUT2D eigenvalue weighted by Crippen LogP contribution is -2.49. The van der Waals surface area contributed by atoms with Crippen LogP contribution in [0.4, 0.5) is 0 Å². The molecule has 0 bridgehead atoms. The van der Waals surface area contributed by atoms with Crippen LogP contribution in [0.2, 0.25) is 0 Å². The van der Waals surface area contributed by atoms with Crippen molar-refractivity contribution in [2.45, 2.75) is 13.0 Å². The number of rotatable bonds is 5. The summed E-state index contributed by atoms with van der Waals surface area (Å²) in [6.07, 6.45) is 0. The number of ketones is 1. The fourth-order valence-corrected chi connectivity index (χ4v) is 3.59. The summed E-state index contributed by atoms with van der Waals surface area (Å²) in [6.45, 7) is 1.95. The van der Waals surface area contributed by atoms with Gasteiger partial charge in [0.1, 0.15) is 5.70 Å². The Morgan fingerprint density at radius 2 is 1.57 bits per heavy atom. The maximum atomic E-state index is 13.5. The van der Waals surface area contributed by atoms with Gasteiger partial charge in [-0.2, -0.15) is 0 Å². The van der Waals surface area contributed by atoms with E-state index in [1.807, 2.05) is 48.3 Å². The van der Waals surface area contributed by atoms with Gasteiger partial charge < -0.3 is 14.5 Å². The van der Waals surface area contributed by atoms with Crippen LogP contribution in [0.15, 0.2) is 71.9 Å². The van der Waals surface area contributed by atoms with Crippen LogP contribution in [-0.2, 0) is 9.53 Å². The van der Waals surface area contributed by atoms with Crippen molar-refractivity contribution in [2.75, 3.05) is 20.7 Å². The highest BCUT2D eigenvalue weighted by atomic mass is 32.1. The first-order valence-electron chi connectivity index (χ1n) is 9.03. The Kier molecular flexibility index (Phi) is 5.90. The van der Waals surface area contributed by atoms with Crippen LogP contribution in [0.3, 0.4) is 0 Å². The molecule has 0 aromatic heterocycles. The first kappa shape index (κ1) is 19.8. The van der Waals surface area contributed by atoms with E-state index in [0.717, 1.165) is 5.56 Å². The molecular formula is C22H22N2O3S. The molecule has 1 atom stereocenters. The SMILES string of the molecule is CCOC(=O)C1=C(C(=O)c2ccccc2)C(c2ccccc2)N(C)C(=S)N1C. The third kappa shape index (κ3) is 3.55. The third-order valence-electron chi connectivity index (χ3n) is 4.70. The summed E-state index contributed by atoms with van der Waals surface area (Å²) < 4.78 is 5.27. The van der Waals surface area contributed by atoms with Crippen molar-refractivity contribution in [3.8, 4) is 0 Å². The van der Waals surface area contributed by atoms with Gasteiger partial charge in [0.25, 0.3) is 0 Å². The minimum Gasteiger partial charge on any atom is -0.461 e. The summed E-state index contributed by atoms with van der Waals surface area (Å²) in [5.74, 6) is -0.778. The van der Waals surface area contributed by atoms with Crippen molar-refractivity contribution in [3.05, 3.63) is 83.1 Å². The molecule has 1 aliphatic heterocycles. The number of likely N-dealkylation sites (N-methyl/N-ethyl adjacent to an activating group) is 2. The molecule has 3 rings (SSSR count). The molecule has 0 spiro atoms. The van der Waals surface area contributed by atoms with E-state index in [0.29, 0.717) is 16.2 Å². The summed E-state index contributed by atoms with van der Waals surface area (Å²) in [7, 11) is 3.52. The predicted molar refractivity (Wildman–Crippen MR) is 112 cm³/mol. The minimum absolute atomic E-state index is 0.188. The van der Waals surface area contributed by atoms with Crippen LogP contribution < -0.4 is 0 Å². The maximum Gasteiger partial charge on any atom is 0.355 e. The van der Waals surface area contributed by atoms with E-state index in [9.17, 15) is 9.59 Å². The lowest BCUT2D eigenvalue weighted by molar-refractivity contribution is -0.140. The first-order valence-corrected chi connectivity index (χ1v) is 9.44. The van der Waals surface area contributed by atoms with Crippen LogP contribution >= 0.6 is 12.2 Å². The number of benzene rings is 2. The summed E-state index contributed by atoms with van der Waals surface area (Å²) in [5, 5.41) is 0.446. The smallest absolute Gasteiger partial charge is 0.355 e. The van der Waals surface area contributed by atoms with E-state index in [-0.39, 0.29) is 18.1 Å². The van der Waals surface area contributed by atoms with Crippen LogP contribution in [0, 0.1) is 0 Å². The van der Waals surface area contributed by atoms with Crippen LogP contribution in [0.1, 0.15) is 28.9 Å². The first-order chi connectivity index (χ1) is 13.5. The second-order valence-corrected chi connectivity index (χ2v) is 6.81. The van der Waals surface area contributed by atoms with Gasteiger partial charge in [-0.1, -0.05) is 60.7 Å². The average molecular weight is 394 g/mol. The monoisotopic (exact) mass is 394 g/mol. The number of thiocarbonyl (C=S) groups is 1. The molecule has 0 aliphatic carbocycles. The largest absolute Gasteiger partial charge is 0.461 e. The van der Waals surface area contributed by atoms with Crippen molar-refractivity contribution in [1.82, 2.24) is 9.80 Å². The van der Waals surface area contributed by atoms with Crippen molar-refractivity contribution in [2.24, 2.45) is 0 Å². The Morgan fingerprint density at radius 3 is 2.14 bits per heavy atom.